The number of pyridine rings is 1. The van der Waals surface area contributed by atoms with E-state index in [1.54, 1.807) is 12.4 Å². The Morgan fingerprint density at radius 1 is 0.818 bits per heavy atom. The van der Waals surface area contributed by atoms with Crippen molar-refractivity contribution < 1.29 is 5.11 Å². The minimum Gasteiger partial charge on any atom is -0.392 e. The zero-order valence-electron chi connectivity index (χ0n) is 12.2. The van der Waals surface area contributed by atoms with Crippen LogP contribution in [0.3, 0.4) is 0 Å². The Kier molecular flexibility index (Phi) is 4.47. The summed E-state index contributed by atoms with van der Waals surface area (Å²) in [6.07, 6.45) is 3.61. The van der Waals surface area contributed by atoms with E-state index in [-0.39, 0.29) is 6.61 Å². The van der Waals surface area contributed by atoms with Crippen LogP contribution in [0.2, 0.25) is 0 Å². The molecule has 0 saturated carbocycles. The normalized spacial score (nSPS) is 10.4. The van der Waals surface area contributed by atoms with Crippen molar-refractivity contribution in [3.63, 3.8) is 0 Å². The maximum absolute atomic E-state index is 9.18. The molecule has 3 aromatic rings. The molecule has 22 heavy (non-hydrogen) atoms. The Morgan fingerprint density at radius 2 is 1.59 bits per heavy atom. The van der Waals surface area contributed by atoms with Crippen LogP contribution in [0.15, 0.2) is 73.1 Å². The van der Waals surface area contributed by atoms with Crippen molar-refractivity contribution in [1.29, 1.82) is 0 Å². The van der Waals surface area contributed by atoms with Crippen molar-refractivity contribution in [2.45, 2.75) is 13.2 Å². The molecule has 0 spiro atoms. The second kappa shape index (κ2) is 6.87. The van der Waals surface area contributed by atoms with Crippen molar-refractivity contribution in [2.75, 3.05) is 5.32 Å². The first-order chi connectivity index (χ1) is 10.8. The van der Waals surface area contributed by atoms with Crippen LogP contribution < -0.4 is 5.32 Å². The third kappa shape index (κ3) is 3.51. The third-order valence-corrected chi connectivity index (χ3v) is 3.55. The predicted octanol–water partition coefficient (Wildman–Crippen LogP) is 3.85. The fourth-order valence-corrected chi connectivity index (χ4v) is 2.39. The zero-order chi connectivity index (χ0) is 15.2. The summed E-state index contributed by atoms with van der Waals surface area (Å²) in [6, 6.07) is 20.3. The molecule has 0 saturated heterocycles. The molecule has 0 bridgehead atoms. The maximum atomic E-state index is 9.18. The molecular formula is C19H18N2O. The smallest absolute Gasteiger partial charge is 0.0682 e. The second-order valence-corrected chi connectivity index (χ2v) is 5.15. The molecule has 3 rings (SSSR count). The summed E-state index contributed by atoms with van der Waals surface area (Å²) in [5.41, 5.74) is 5.49. The average molecular weight is 290 g/mol. The molecule has 0 unspecified atom stereocenters. The first kappa shape index (κ1) is 14.3. The van der Waals surface area contributed by atoms with Gasteiger partial charge < -0.3 is 10.4 Å². The molecule has 3 heteroatoms. The van der Waals surface area contributed by atoms with Gasteiger partial charge in [-0.05, 0) is 52.6 Å². The van der Waals surface area contributed by atoms with Crippen molar-refractivity contribution in [1.82, 2.24) is 4.98 Å². The second-order valence-electron chi connectivity index (χ2n) is 5.15. The van der Waals surface area contributed by atoms with Crippen molar-refractivity contribution in [3.8, 4) is 11.1 Å². The highest BCUT2D eigenvalue weighted by Crippen LogP contribution is 2.20. The molecule has 0 amide bonds. The molecule has 0 atom stereocenters. The van der Waals surface area contributed by atoms with E-state index in [1.807, 2.05) is 36.4 Å². The van der Waals surface area contributed by atoms with Crippen LogP contribution in [0.25, 0.3) is 11.1 Å². The van der Waals surface area contributed by atoms with Crippen molar-refractivity contribution >= 4 is 5.69 Å². The number of anilines is 1. The fraction of sp³-hybridized carbons (Fsp3) is 0.105. The lowest BCUT2D eigenvalue weighted by Crippen LogP contribution is -2.00. The van der Waals surface area contributed by atoms with Gasteiger partial charge in [0.1, 0.15) is 0 Å². The van der Waals surface area contributed by atoms with Gasteiger partial charge in [-0.3, -0.25) is 4.98 Å². The van der Waals surface area contributed by atoms with Crippen LogP contribution in [0, 0.1) is 0 Å². The number of aromatic nitrogens is 1. The van der Waals surface area contributed by atoms with Gasteiger partial charge in [0.05, 0.1) is 6.61 Å². The van der Waals surface area contributed by atoms with Gasteiger partial charge in [0.2, 0.25) is 0 Å². The average Bonchev–Trinajstić information content (AvgIpc) is 2.61. The van der Waals surface area contributed by atoms with Gasteiger partial charge in [-0.1, -0.05) is 30.3 Å². The van der Waals surface area contributed by atoms with Crippen LogP contribution in [0.5, 0.6) is 0 Å². The summed E-state index contributed by atoms with van der Waals surface area (Å²) < 4.78 is 0. The standard InChI is InChI=1S/C19H18N2O/c22-14-16-4-2-6-19(12-16)21-13-15-3-1-5-18(11-15)17-7-9-20-10-8-17/h1-12,21-22H,13-14H2. The van der Waals surface area contributed by atoms with Crippen molar-refractivity contribution in [3.05, 3.63) is 84.2 Å². The lowest BCUT2D eigenvalue weighted by atomic mass is 10.0. The van der Waals surface area contributed by atoms with E-state index >= 15 is 0 Å². The topological polar surface area (TPSA) is 45.1 Å². The highest BCUT2D eigenvalue weighted by atomic mass is 16.3. The number of aliphatic hydroxyl groups excluding tert-OH is 1. The lowest BCUT2D eigenvalue weighted by Gasteiger charge is -2.09. The van der Waals surface area contributed by atoms with E-state index in [0.29, 0.717) is 0 Å². The van der Waals surface area contributed by atoms with Gasteiger partial charge in [-0.2, -0.15) is 0 Å². The SMILES string of the molecule is OCc1cccc(NCc2cccc(-c3ccncc3)c2)c1. The summed E-state index contributed by atoms with van der Waals surface area (Å²) >= 11 is 0. The van der Waals surface area contributed by atoms with Crippen molar-refractivity contribution in [2.24, 2.45) is 0 Å². The van der Waals surface area contributed by atoms with E-state index < -0.39 is 0 Å². The monoisotopic (exact) mass is 290 g/mol. The number of nitrogens with one attached hydrogen (secondary N) is 1. The zero-order valence-corrected chi connectivity index (χ0v) is 12.2. The van der Waals surface area contributed by atoms with E-state index in [0.717, 1.165) is 17.8 Å². The number of rotatable bonds is 5. The molecule has 110 valence electrons. The number of hydrogen-bond donors (Lipinski definition) is 2. The summed E-state index contributed by atoms with van der Waals surface area (Å²) in [5, 5.41) is 12.6. The van der Waals surface area contributed by atoms with E-state index in [2.05, 4.69) is 34.6 Å². The lowest BCUT2D eigenvalue weighted by molar-refractivity contribution is 0.282. The van der Waals surface area contributed by atoms with Crippen LogP contribution in [-0.4, -0.2) is 10.1 Å². The fourth-order valence-electron chi connectivity index (χ4n) is 2.39. The van der Waals surface area contributed by atoms with Crippen LogP contribution in [0.4, 0.5) is 5.69 Å². The van der Waals surface area contributed by atoms with Gasteiger partial charge in [0.15, 0.2) is 0 Å². The third-order valence-electron chi connectivity index (χ3n) is 3.55. The van der Waals surface area contributed by atoms with Gasteiger partial charge in [0.25, 0.3) is 0 Å². The molecule has 0 aliphatic heterocycles. The molecule has 3 nitrogen and oxygen atoms in total. The maximum Gasteiger partial charge on any atom is 0.0682 e. The molecule has 0 radical (unpaired) electrons. The molecule has 0 fully saturated rings. The molecule has 2 aromatic carbocycles. The number of nitrogens with zero attached hydrogens (tertiary/aromatic N) is 1. The van der Waals surface area contributed by atoms with E-state index in [9.17, 15) is 5.11 Å². The summed E-state index contributed by atoms with van der Waals surface area (Å²) in [4.78, 5) is 4.05. The largest absolute Gasteiger partial charge is 0.392 e. The number of hydrogen-bond acceptors (Lipinski definition) is 3. The molecule has 0 aliphatic carbocycles. The van der Waals surface area contributed by atoms with Crippen LogP contribution in [-0.2, 0) is 13.2 Å². The Labute approximate surface area is 130 Å². The van der Waals surface area contributed by atoms with E-state index in [1.165, 1.54) is 16.7 Å². The number of aliphatic hydroxyl groups is 1. The quantitative estimate of drug-likeness (QED) is 0.750. The molecule has 1 aromatic heterocycles. The Morgan fingerprint density at radius 3 is 2.41 bits per heavy atom. The predicted molar refractivity (Wildman–Crippen MR) is 89.4 cm³/mol. The van der Waals surface area contributed by atoms with Crippen LogP contribution >= 0.6 is 0 Å². The number of benzene rings is 2. The summed E-state index contributed by atoms with van der Waals surface area (Å²) in [7, 11) is 0. The Balaban J connectivity index is 1.73. The minimum absolute atomic E-state index is 0.0625. The Bertz CT molecular complexity index is 741. The van der Waals surface area contributed by atoms with Gasteiger partial charge in [0, 0.05) is 24.6 Å². The Hall–Kier alpha value is -2.65. The molecule has 1 heterocycles. The highest BCUT2D eigenvalue weighted by Gasteiger charge is 2.00. The van der Waals surface area contributed by atoms with Gasteiger partial charge in [-0.15, -0.1) is 0 Å². The molecule has 0 aliphatic rings. The molecular weight excluding hydrogens is 272 g/mol. The first-order valence-corrected chi connectivity index (χ1v) is 7.28. The minimum atomic E-state index is 0.0625. The first-order valence-electron chi connectivity index (χ1n) is 7.28. The summed E-state index contributed by atoms with van der Waals surface area (Å²) in [6.45, 7) is 0.806. The summed E-state index contributed by atoms with van der Waals surface area (Å²) in [5.74, 6) is 0. The van der Waals surface area contributed by atoms with Gasteiger partial charge in [-0.25, -0.2) is 0 Å². The van der Waals surface area contributed by atoms with Crippen LogP contribution in [0.1, 0.15) is 11.1 Å². The molecule has 2 N–H and O–H groups in total. The highest BCUT2D eigenvalue weighted by molar-refractivity contribution is 5.63. The van der Waals surface area contributed by atoms with Gasteiger partial charge >= 0.3 is 0 Å². The van der Waals surface area contributed by atoms with E-state index in [4.69, 9.17) is 0 Å².